The number of nitrogens with two attached hydrogens (primary N) is 1. The van der Waals surface area contributed by atoms with Crippen molar-refractivity contribution in [1.82, 2.24) is 4.98 Å². The summed E-state index contributed by atoms with van der Waals surface area (Å²) in [5.74, 6) is 0.895. The van der Waals surface area contributed by atoms with Crippen LogP contribution in [0.2, 0.25) is 5.02 Å². The quantitative estimate of drug-likeness (QED) is 0.736. The molecule has 1 aromatic carbocycles. The van der Waals surface area contributed by atoms with Gasteiger partial charge in [0, 0.05) is 15.1 Å². The Morgan fingerprint density at radius 1 is 1.22 bits per heavy atom. The summed E-state index contributed by atoms with van der Waals surface area (Å²) in [5, 5.41) is 0.422. The van der Waals surface area contributed by atoms with Crippen molar-refractivity contribution in [2.24, 2.45) is 0 Å². The molecule has 18 heavy (non-hydrogen) atoms. The number of ether oxygens (including phenoxy) is 1. The van der Waals surface area contributed by atoms with Gasteiger partial charge in [0.2, 0.25) is 5.88 Å². The van der Waals surface area contributed by atoms with Crippen molar-refractivity contribution in [3.8, 4) is 11.6 Å². The van der Waals surface area contributed by atoms with Crippen LogP contribution >= 0.6 is 43.5 Å². The molecular weight excluding hydrogens is 383 g/mol. The van der Waals surface area contributed by atoms with Crippen LogP contribution in [0.1, 0.15) is 5.56 Å². The molecule has 2 N–H and O–H groups in total. The molecule has 0 spiro atoms. The van der Waals surface area contributed by atoms with Crippen LogP contribution in [0, 0.1) is 6.92 Å². The molecule has 6 heteroatoms. The lowest BCUT2D eigenvalue weighted by atomic mass is 10.2. The Labute approximate surface area is 127 Å². The van der Waals surface area contributed by atoms with Crippen molar-refractivity contribution < 1.29 is 4.74 Å². The highest BCUT2D eigenvalue weighted by molar-refractivity contribution is 9.10. The molecule has 1 aromatic heterocycles. The van der Waals surface area contributed by atoms with Crippen LogP contribution in [0.3, 0.4) is 0 Å². The Hall–Kier alpha value is -0.780. The van der Waals surface area contributed by atoms with E-state index in [2.05, 4.69) is 36.8 Å². The fraction of sp³-hybridized carbons (Fsp3) is 0.0833. The fourth-order valence-corrected chi connectivity index (χ4v) is 2.73. The molecule has 2 aromatic rings. The molecule has 0 atom stereocenters. The summed E-state index contributed by atoms with van der Waals surface area (Å²) in [6, 6.07) is 5.40. The molecule has 0 aliphatic heterocycles. The molecule has 0 amide bonds. The van der Waals surface area contributed by atoms with E-state index in [1.807, 2.05) is 13.0 Å². The van der Waals surface area contributed by atoms with E-state index in [0.29, 0.717) is 22.3 Å². The highest BCUT2D eigenvalue weighted by Crippen LogP contribution is 2.36. The van der Waals surface area contributed by atoms with Gasteiger partial charge in [0.15, 0.2) is 5.75 Å². The number of aromatic nitrogens is 1. The second-order valence-corrected chi connectivity index (χ2v) is 5.92. The molecule has 0 aliphatic rings. The van der Waals surface area contributed by atoms with Crippen molar-refractivity contribution in [3.63, 3.8) is 0 Å². The molecule has 3 nitrogen and oxygen atoms in total. The summed E-state index contributed by atoms with van der Waals surface area (Å²) in [6.07, 6.45) is 1.62. The Balaban J connectivity index is 2.40. The van der Waals surface area contributed by atoms with E-state index in [1.54, 1.807) is 18.3 Å². The molecule has 0 saturated carbocycles. The fourth-order valence-electron chi connectivity index (χ4n) is 1.47. The predicted molar refractivity (Wildman–Crippen MR) is 80.3 cm³/mol. The van der Waals surface area contributed by atoms with Crippen molar-refractivity contribution >= 4 is 49.1 Å². The molecular formula is C12H9Br2ClN2O. The first-order chi connectivity index (χ1) is 8.47. The van der Waals surface area contributed by atoms with Gasteiger partial charge in [-0.15, -0.1) is 0 Å². The van der Waals surface area contributed by atoms with Crippen LogP contribution < -0.4 is 10.5 Å². The number of nitrogens with zero attached hydrogens (tertiary/aromatic N) is 1. The molecule has 2 rings (SSSR count). The summed E-state index contributed by atoms with van der Waals surface area (Å²) in [5.41, 5.74) is 7.35. The van der Waals surface area contributed by atoms with Gasteiger partial charge in [0.1, 0.15) is 5.02 Å². The van der Waals surface area contributed by atoms with Crippen LogP contribution in [0.4, 0.5) is 5.69 Å². The minimum Gasteiger partial charge on any atom is -0.435 e. The van der Waals surface area contributed by atoms with Crippen LogP contribution in [-0.4, -0.2) is 4.98 Å². The first kappa shape index (κ1) is 13.6. The summed E-state index contributed by atoms with van der Waals surface area (Å²) < 4.78 is 7.37. The van der Waals surface area contributed by atoms with E-state index in [4.69, 9.17) is 22.1 Å². The van der Waals surface area contributed by atoms with Crippen molar-refractivity contribution in [2.45, 2.75) is 6.92 Å². The lowest BCUT2D eigenvalue weighted by Crippen LogP contribution is -1.97. The summed E-state index contributed by atoms with van der Waals surface area (Å²) >= 11 is 12.7. The number of hydrogen-bond acceptors (Lipinski definition) is 3. The number of benzene rings is 1. The lowest BCUT2D eigenvalue weighted by Gasteiger charge is -2.12. The van der Waals surface area contributed by atoms with E-state index in [-0.39, 0.29) is 0 Å². The Bertz CT molecular complexity index is 582. The number of rotatable bonds is 2. The van der Waals surface area contributed by atoms with Crippen LogP contribution in [0.5, 0.6) is 11.6 Å². The van der Waals surface area contributed by atoms with Gasteiger partial charge in [-0.1, -0.05) is 27.5 Å². The minimum absolute atomic E-state index is 0.331. The minimum atomic E-state index is 0.331. The van der Waals surface area contributed by atoms with Gasteiger partial charge in [0.05, 0.1) is 5.69 Å². The van der Waals surface area contributed by atoms with Gasteiger partial charge < -0.3 is 10.5 Å². The summed E-state index contributed by atoms with van der Waals surface area (Å²) in [6.45, 7) is 1.91. The van der Waals surface area contributed by atoms with Gasteiger partial charge in [-0.25, -0.2) is 4.98 Å². The van der Waals surface area contributed by atoms with Crippen molar-refractivity contribution in [2.75, 3.05) is 5.73 Å². The molecule has 0 unspecified atom stereocenters. The second-order valence-electron chi connectivity index (χ2n) is 3.68. The Kier molecular flexibility index (Phi) is 4.14. The maximum Gasteiger partial charge on any atom is 0.238 e. The average molecular weight is 392 g/mol. The molecule has 0 radical (unpaired) electrons. The predicted octanol–water partition coefficient (Wildman–Crippen LogP) is 4.94. The molecule has 0 fully saturated rings. The van der Waals surface area contributed by atoms with E-state index >= 15 is 0 Å². The first-order valence-electron chi connectivity index (χ1n) is 5.02. The molecule has 0 aliphatic carbocycles. The van der Waals surface area contributed by atoms with Gasteiger partial charge in [0.25, 0.3) is 0 Å². The van der Waals surface area contributed by atoms with Crippen molar-refractivity contribution in [1.29, 1.82) is 0 Å². The second kappa shape index (κ2) is 5.47. The zero-order chi connectivity index (χ0) is 13.3. The number of pyridine rings is 1. The third-order valence-electron chi connectivity index (χ3n) is 2.24. The number of anilines is 1. The topological polar surface area (TPSA) is 48.1 Å². The molecule has 0 saturated heterocycles. The third kappa shape index (κ3) is 2.96. The zero-order valence-electron chi connectivity index (χ0n) is 9.38. The largest absolute Gasteiger partial charge is 0.435 e. The van der Waals surface area contributed by atoms with Gasteiger partial charge in [-0.2, -0.15) is 0 Å². The number of aryl methyl sites for hydroxylation is 1. The summed E-state index contributed by atoms with van der Waals surface area (Å²) in [4.78, 5) is 4.11. The maximum atomic E-state index is 6.05. The number of hydrogen-bond donors (Lipinski definition) is 1. The smallest absolute Gasteiger partial charge is 0.238 e. The SMILES string of the molecule is Cc1cc(Br)cc(N)c1Oc1ncc(Br)cc1Cl. The highest BCUT2D eigenvalue weighted by Gasteiger charge is 2.11. The van der Waals surface area contributed by atoms with Crippen molar-refractivity contribution in [3.05, 3.63) is 43.9 Å². The molecule has 0 bridgehead atoms. The molecule has 1 heterocycles. The van der Waals surface area contributed by atoms with E-state index in [9.17, 15) is 0 Å². The maximum absolute atomic E-state index is 6.05. The monoisotopic (exact) mass is 390 g/mol. The highest BCUT2D eigenvalue weighted by atomic mass is 79.9. The first-order valence-corrected chi connectivity index (χ1v) is 6.98. The van der Waals surface area contributed by atoms with Crippen LogP contribution in [0.15, 0.2) is 33.3 Å². The normalized spacial score (nSPS) is 10.4. The average Bonchev–Trinajstić information content (AvgIpc) is 2.25. The number of halogens is 3. The van der Waals surface area contributed by atoms with Gasteiger partial charge >= 0.3 is 0 Å². The standard InChI is InChI=1S/C12H9Br2ClN2O/c1-6-2-7(13)4-10(16)11(6)18-12-9(15)3-8(14)5-17-12/h2-5H,16H2,1H3. The van der Waals surface area contributed by atoms with Gasteiger partial charge in [-0.3, -0.25) is 0 Å². The van der Waals surface area contributed by atoms with Crippen LogP contribution in [-0.2, 0) is 0 Å². The lowest BCUT2D eigenvalue weighted by molar-refractivity contribution is 0.462. The Morgan fingerprint density at radius 3 is 2.56 bits per heavy atom. The third-order valence-corrected chi connectivity index (χ3v) is 3.40. The zero-order valence-corrected chi connectivity index (χ0v) is 13.3. The van der Waals surface area contributed by atoms with Gasteiger partial charge in [-0.05, 0) is 46.6 Å². The summed E-state index contributed by atoms with van der Waals surface area (Å²) in [7, 11) is 0. The van der Waals surface area contributed by atoms with E-state index < -0.39 is 0 Å². The van der Waals surface area contributed by atoms with E-state index in [1.165, 1.54) is 0 Å². The van der Waals surface area contributed by atoms with Crippen LogP contribution in [0.25, 0.3) is 0 Å². The molecule has 94 valence electrons. The number of nitrogen functional groups attached to an aromatic ring is 1. The van der Waals surface area contributed by atoms with E-state index in [0.717, 1.165) is 14.5 Å². The Morgan fingerprint density at radius 2 is 1.94 bits per heavy atom.